The van der Waals surface area contributed by atoms with Crippen LogP contribution in [-0.4, -0.2) is 20.8 Å². The van der Waals surface area contributed by atoms with E-state index in [0.29, 0.717) is 5.92 Å². The summed E-state index contributed by atoms with van der Waals surface area (Å²) in [6, 6.07) is 0. The summed E-state index contributed by atoms with van der Waals surface area (Å²) in [6.45, 7) is 1.03. The summed E-state index contributed by atoms with van der Waals surface area (Å²) in [5.41, 5.74) is 0. The summed E-state index contributed by atoms with van der Waals surface area (Å²) in [7, 11) is 0. The molecular formula is C10H16N2O. The summed E-state index contributed by atoms with van der Waals surface area (Å²) < 4.78 is 2.09. The van der Waals surface area contributed by atoms with E-state index in [1.165, 1.54) is 6.42 Å². The van der Waals surface area contributed by atoms with Crippen LogP contribution < -0.4 is 0 Å². The van der Waals surface area contributed by atoms with Gasteiger partial charge in [0.1, 0.15) is 0 Å². The second-order valence-corrected chi connectivity index (χ2v) is 3.85. The molecule has 1 aromatic rings. The second-order valence-electron chi connectivity index (χ2n) is 3.85. The maximum atomic E-state index is 9.35. The van der Waals surface area contributed by atoms with E-state index in [1.54, 1.807) is 6.20 Å². The Bertz CT molecular complexity index is 245. The predicted molar refractivity (Wildman–Crippen MR) is 50.2 cm³/mol. The van der Waals surface area contributed by atoms with Gasteiger partial charge in [-0.3, -0.25) is 0 Å². The topological polar surface area (TPSA) is 38.0 Å². The average Bonchev–Trinajstić information content (AvgIpc) is 2.62. The zero-order valence-corrected chi connectivity index (χ0v) is 7.76. The molecule has 72 valence electrons. The monoisotopic (exact) mass is 180 g/mol. The first kappa shape index (κ1) is 8.75. The van der Waals surface area contributed by atoms with Crippen molar-refractivity contribution >= 4 is 0 Å². The van der Waals surface area contributed by atoms with Crippen molar-refractivity contribution in [1.29, 1.82) is 0 Å². The van der Waals surface area contributed by atoms with Crippen molar-refractivity contribution in [3.8, 4) is 0 Å². The van der Waals surface area contributed by atoms with Crippen LogP contribution in [0.4, 0.5) is 0 Å². The third-order valence-electron chi connectivity index (χ3n) is 2.93. The van der Waals surface area contributed by atoms with Gasteiger partial charge in [0, 0.05) is 18.9 Å². The minimum absolute atomic E-state index is 0.0113. The molecule has 0 aromatic carbocycles. The van der Waals surface area contributed by atoms with E-state index in [-0.39, 0.29) is 6.10 Å². The number of aryl methyl sites for hydroxylation is 1. The molecule has 0 spiro atoms. The van der Waals surface area contributed by atoms with Crippen LogP contribution in [0.25, 0.3) is 0 Å². The Kier molecular flexibility index (Phi) is 2.64. The molecule has 1 aliphatic rings. The molecule has 3 heteroatoms. The number of nitrogens with zero attached hydrogens (tertiary/aromatic N) is 2. The molecular weight excluding hydrogens is 164 g/mol. The molecule has 2 unspecified atom stereocenters. The number of aliphatic hydroxyl groups is 1. The SMILES string of the molecule is OC1CCC1CCCn1ccnc1. The molecule has 0 amide bonds. The molecule has 0 bridgehead atoms. The van der Waals surface area contributed by atoms with Crippen LogP contribution in [0.2, 0.25) is 0 Å². The normalized spacial score (nSPS) is 27.2. The first-order chi connectivity index (χ1) is 6.36. The van der Waals surface area contributed by atoms with Gasteiger partial charge in [-0.2, -0.15) is 0 Å². The fourth-order valence-electron chi connectivity index (χ4n) is 1.84. The minimum Gasteiger partial charge on any atom is -0.393 e. The molecule has 1 aliphatic carbocycles. The van der Waals surface area contributed by atoms with Gasteiger partial charge in [0.05, 0.1) is 12.4 Å². The van der Waals surface area contributed by atoms with Crippen molar-refractivity contribution in [2.45, 2.75) is 38.3 Å². The highest BCUT2D eigenvalue weighted by Gasteiger charge is 2.27. The van der Waals surface area contributed by atoms with Crippen LogP contribution in [0.1, 0.15) is 25.7 Å². The van der Waals surface area contributed by atoms with Gasteiger partial charge in [0.15, 0.2) is 0 Å². The third-order valence-corrected chi connectivity index (χ3v) is 2.93. The number of aromatic nitrogens is 2. The van der Waals surface area contributed by atoms with Gasteiger partial charge in [0.2, 0.25) is 0 Å². The fourth-order valence-corrected chi connectivity index (χ4v) is 1.84. The largest absolute Gasteiger partial charge is 0.393 e. The molecule has 0 radical (unpaired) electrons. The lowest BCUT2D eigenvalue weighted by molar-refractivity contribution is 0.0179. The Labute approximate surface area is 78.4 Å². The number of hydrogen-bond donors (Lipinski definition) is 1. The highest BCUT2D eigenvalue weighted by Crippen LogP contribution is 2.31. The molecule has 2 rings (SSSR count). The van der Waals surface area contributed by atoms with E-state index < -0.39 is 0 Å². The minimum atomic E-state index is -0.0113. The molecule has 1 saturated carbocycles. The first-order valence-electron chi connectivity index (χ1n) is 5.00. The molecule has 1 aromatic heterocycles. The van der Waals surface area contributed by atoms with Crippen molar-refractivity contribution in [3.05, 3.63) is 18.7 Å². The summed E-state index contributed by atoms with van der Waals surface area (Å²) in [5.74, 6) is 0.573. The van der Waals surface area contributed by atoms with Crippen LogP contribution in [0.3, 0.4) is 0 Å². The molecule has 1 N–H and O–H groups in total. The second kappa shape index (κ2) is 3.92. The van der Waals surface area contributed by atoms with E-state index in [1.807, 2.05) is 12.5 Å². The van der Waals surface area contributed by atoms with Crippen LogP contribution in [0.5, 0.6) is 0 Å². The van der Waals surface area contributed by atoms with E-state index in [2.05, 4.69) is 9.55 Å². The highest BCUT2D eigenvalue weighted by molar-refractivity contribution is 4.80. The maximum Gasteiger partial charge on any atom is 0.0945 e. The summed E-state index contributed by atoms with van der Waals surface area (Å²) >= 11 is 0. The lowest BCUT2D eigenvalue weighted by atomic mass is 9.79. The molecule has 13 heavy (non-hydrogen) atoms. The van der Waals surface area contributed by atoms with Crippen molar-refractivity contribution in [3.63, 3.8) is 0 Å². The van der Waals surface area contributed by atoms with Crippen LogP contribution >= 0.6 is 0 Å². The zero-order valence-electron chi connectivity index (χ0n) is 7.76. The van der Waals surface area contributed by atoms with Gasteiger partial charge in [-0.25, -0.2) is 4.98 Å². The Morgan fingerprint density at radius 3 is 2.92 bits per heavy atom. The predicted octanol–water partition coefficient (Wildman–Crippen LogP) is 1.43. The number of hydrogen-bond acceptors (Lipinski definition) is 2. The third kappa shape index (κ3) is 2.10. The van der Waals surface area contributed by atoms with E-state index in [9.17, 15) is 5.11 Å². The average molecular weight is 180 g/mol. The Morgan fingerprint density at radius 2 is 2.38 bits per heavy atom. The summed E-state index contributed by atoms with van der Waals surface area (Å²) in [4.78, 5) is 3.98. The molecule has 1 fully saturated rings. The molecule has 0 aliphatic heterocycles. The molecule has 2 atom stereocenters. The highest BCUT2D eigenvalue weighted by atomic mass is 16.3. The molecule has 1 heterocycles. The Balaban J connectivity index is 1.64. The fraction of sp³-hybridized carbons (Fsp3) is 0.700. The van der Waals surface area contributed by atoms with Gasteiger partial charge < -0.3 is 9.67 Å². The lowest BCUT2D eigenvalue weighted by Gasteiger charge is -2.32. The summed E-state index contributed by atoms with van der Waals surface area (Å²) in [6.07, 6.45) is 10.1. The van der Waals surface area contributed by atoms with E-state index in [4.69, 9.17) is 0 Å². The van der Waals surface area contributed by atoms with Crippen LogP contribution in [0, 0.1) is 5.92 Å². The summed E-state index contributed by atoms with van der Waals surface area (Å²) in [5, 5.41) is 9.35. The van der Waals surface area contributed by atoms with Crippen molar-refractivity contribution in [1.82, 2.24) is 9.55 Å². The number of rotatable bonds is 4. The smallest absolute Gasteiger partial charge is 0.0945 e. The Morgan fingerprint density at radius 1 is 1.46 bits per heavy atom. The quantitative estimate of drug-likeness (QED) is 0.761. The van der Waals surface area contributed by atoms with Gasteiger partial charge in [0.25, 0.3) is 0 Å². The van der Waals surface area contributed by atoms with Crippen molar-refractivity contribution < 1.29 is 5.11 Å². The number of imidazole rings is 1. The van der Waals surface area contributed by atoms with Gasteiger partial charge >= 0.3 is 0 Å². The maximum absolute atomic E-state index is 9.35. The van der Waals surface area contributed by atoms with Crippen molar-refractivity contribution in [2.75, 3.05) is 0 Å². The van der Waals surface area contributed by atoms with Gasteiger partial charge in [-0.05, 0) is 31.6 Å². The van der Waals surface area contributed by atoms with Crippen LogP contribution in [0.15, 0.2) is 18.7 Å². The molecule has 3 nitrogen and oxygen atoms in total. The first-order valence-corrected chi connectivity index (χ1v) is 5.00. The molecule has 0 saturated heterocycles. The van der Waals surface area contributed by atoms with Gasteiger partial charge in [-0.1, -0.05) is 0 Å². The van der Waals surface area contributed by atoms with E-state index >= 15 is 0 Å². The zero-order chi connectivity index (χ0) is 9.10. The standard InChI is InChI=1S/C10H16N2O/c13-10-4-3-9(10)2-1-6-12-7-5-11-8-12/h5,7-10,13H,1-4,6H2. The lowest BCUT2D eigenvalue weighted by Crippen LogP contribution is -2.31. The number of aliphatic hydroxyl groups excluding tert-OH is 1. The van der Waals surface area contributed by atoms with Crippen LogP contribution in [-0.2, 0) is 6.54 Å². The van der Waals surface area contributed by atoms with Gasteiger partial charge in [-0.15, -0.1) is 0 Å². The Hall–Kier alpha value is -0.830. The van der Waals surface area contributed by atoms with Crippen molar-refractivity contribution in [2.24, 2.45) is 5.92 Å². The van der Waals surface area contributed by atoms with E-state index in [0.717, 1.165) is 25.8 Å².